The average molecular weight is 235 g/mol. The third-order valence-electron chi connectivity index (χ3n) is 1.96. The predicted molar refractivity (Wildman–Crippen MR) is 58.9 cm³/mol. The van der Waals surface area contributed by atoms with Gasteiger partial charge < -0.3 is 14.7 Å². The van der Waals surface area contributed by atoms with E-state index in [9.17, 15) is 4.79 Å². The molecule has 2 aromatic heterocycles. The van der Waals surface area contributed by atoms with Crippen molar-refractivity contribution in [2.75, 3.05) is 0 Å². The minimum atomic E-state index is -0.0541. The Morgan fingerprint density at radius 2 is 2.38 bits per heavy atom. The van der Waals surface area contributed by atoms with E-state index in [-0.39, 0.29) is 4.87 Å². The Kier molecular flexibility index (Phi) is 3.19. The fourth-order valence-electron chi connectivity index (χ4n) is 1.25. The molecule has 82 valence electrons. The van der Waals surface area contributed by atoms with Crippen LogP contribution in [-0.4, -0.2) is 4.98 Å². The molecule has 0 unspecified atom stereocenters. The summed E-state index contributed by atoms with van der Waals surface area (Å²) < 4.78 is 5.18. The molecule has 5 nitrogen and oxygen atoms in total. The number of hydrogen-bond donors (Lipinski definition) is 2. The summed E-state index contributed by atoms with van der Waals surface area (Å²) in [6, 6.07) is 5.30. The van der Waals surface area contributed by atoms with Crippen LogP contribution in [0.1, 0.15) is 17.2 Å². The molecule has 0 bridgehead atoms. The molecule has 0 aliphatic carbocycles. The molecule has 0 fully saturated rings. The van der Waals surface area contributed by atoms with Gasteiger partial charge in [-0.25, -0.2) is 0 Å². The molecule has 0 radical (unpaired) electrons. The van der Waals surface area contributed by atoms with Crippen molar-refractivity contribution in [1.82, 2.24) is 10.3 Å². The van der Waals surface area contributed by atoms with E-state index in [1.165, 1.54) is 0 Å². The molecule has 0 aliphatic heterocycles. The third kappa shape index (κ3) is 2.59. The number of nitriles is 1. The highest BCUT2D eigenvalue weighted by atomic mass is 32.1. The molecular formula is C10H9N3O2S. The number of nitrogens with zero attached hydrogens (tertiary/aromatic N) is 1. The van der Waals surface area contributed by atoms with Gasteiger partial charge in [-0.3, -0.25) is 4.79 Å². The molecule has 0 spiro atoms. The Morgan fingerprint density at radius 3 is 3.00 bits per heavy atom. The minimum Gasteiger partial charge on any atom is -0.449 e. The van der Waals surface area contributed by atoms with Gasteiger partial charge in [-0.05, 0) is 12.1 Å². The fourth-order valence-corrected chi connectivity index (χ4v) is 1.84. The molecule has 0 saturated heterocycles. The van der Waals surface area contributed by atoms with Gasteiger partial charge in [0.15, 0.2) is 0 Å². The second-order valence-corrected chi connectivity index (χ2v) is 4.00. The highest BCUT2D eigenvalue weighted by Gasteiger charge is 2.01. The zero-order chi connectivity index (χ0) is 11.4. The lowest BCUT2D eigenvalue weighted by Crippen LogP contribution is -2.13. The lowest BCUT2D eigenvalue weighted by molar-refractivity contribution is 0.473. The second-order valence-electron chi connectivity index (χ2n) is 3.15. The van der Waals surface area contributed by atoms with E-state index < -0.39 is 0 Å². The zero-order valence-corrected chi connectivity index (χ0v) is 9.13. The standard InChI is InChI=1S/C10H9N3O2S/c11-3-8-1-2-9(15-8)5-12-4-7-6-16-10(14)13-7/h1-2,6,12H,4-5H2,(H,13,14). The molecule has 6 heteroatoms. The summed E-state index contributed by atoms with van der Waals surface area (Å²) in [6.45, 7) is 1.10. The van der Waals surface area contributed by atoms with Crippen LogP contribution in [-0.2, 0) is 13.1 Å². The van der Waals surface area contributed by atoms with Crippen molar-refractivity contribution < 1.29 is 4.42 Å². The van der Waals surface area contributed by atoms with E-state index in [2.05, 4.69) is 10.3 Å². The zero-order valence-electron chi connectivity index (χ0n) is 8.32. The number of aromatic nitrogens is 1. The Labute approximate surface area is 95.3 Å². The molecule has 0 amide bonds. The van der Waals surface area contributed by atoms with Crippen LogP contribution < -0.4 is 10.2 Å². The smallest absolute Gasteiger partial charge is 0.304 e. The van der Waals surface area contributed by atoms with Crippen molar-refractivity contribution in [3.8, 4) is 6.07 Å². The summed E-state index contributed by atoms with van der Waals surface area (Å²) in [5.41, 5.74) is 0.849. The monoisotopic (exact) mass is 235 g/mol. The normalized spacial score (nSPS) is 10.2. The Bertz CT molecular complexity index is 561. The maximum Gasteiger partial charge on any atom is 0.304 e. The van der Waals surface area contributed by atoms with Gasteiger partial charge in [0.2, 0.25) is 5.76 Å². The summed E-state index contributed by atoms with van der Waals surface area (Å²) in [4.78, 5) is 13.5. The van der Waals surface area contributed by atoms with Crippen molar-refractivity contribution in [1.29, 1.82) is 5.26 Å². The van der Waals surface area contributed by atoms with Gasteiger partial charge >= 0.3 is 4.87 Å². The lowest BCUT2D eigenvalue weighted by atomic mass is 10.4. The Morgan fingerprint density at radius 1 is 1.50 bits per heavy atom. The van der Waals surface area contributed by atoms with E-state index >= 15 is 0 Å². The van der Waals surface area contributed by atoms with Gasteiger partial charge in [0, 0.05) is 17.6 Å². The molecule has 2 aromatic rings. The van der Waals surface area contributed by atoms with Crippen LogP contribution in [0.2, 0.25) is 0 Å². The van der Waals surface area contributed by atoms with E-state index in [0.29, 0.717) is 24.6 Å². The van der Waals surface area contributed by atoms with Crippen LogP contribution in [0.15, 0.2) is 26.7 Å². The lowest BCUT2D eigenvalue weighted by Gasteiger charge is -1.99. The van der Waals surface area contributed by atoms with E-state index in [4.69, 9.17) is 9.68 Å². The van der Waals surface area contributed by atoms with Crippen molar-refractivity contribution in [2.24, 2.45) is 0 Å². The van der Waals surface area contributed by atoms with Crippen molar-refractivity contribution in [3.63, 3.8) is 0 Å². The van der Waals surface area contributed by atoms with Gasteiger partial charge in [-0.1, -0.05) is 11.3 Å². The van der Waals surface area contributed by atoms with Gasteiger partial charge in [-0.2, -0.15) is 5.26 Å². The SMILES string of the molecule is N#Cc1ccc(CNCc2csc(=O)[nH]2)o1. The van der Waals surface area contributed by atoms with Crippen molar-refractivity contribution in [3.05, 3.63) is 44.4 Å². The van der Waals surface area contributed by atoms with Crippen LogP contribution in [0.4, 0.5) is 0 Å². The van der Waals surface area contributed by atoms with Crippen LogP contribution >= 0.6 is 11.3 Å². The molecule has 0 atom stereocenters. The first-order chi connectivity index (χ1) is 7.78. The van der Waals surface area contributed by atoms with Crippen LogP contribution in [0.5, 0.6) is 0 Å². The topological polar surface area (TPSA) is 81.8 Å². The van der Waals surface area contributed by atoms with Crippen molar-refractivity contribution in [2.45, 2.75) is 13.1 Å². The first-order valence-electron chi connectivity index (χ1n) is 4.64. The number of hydrogen-bond acceptors (Lipinski definition) is 5. The molecule has 2 N–H and O–H groups in total. The van der Waals surface area contributed by atoms with E-state index in [1.807, 2.05) is 6.07 Å². The van der Waals surface area contributed by atoms with E-state index in [0.717, 1.165) is 17.0 Å². The molecule has 0 aliphatic rings. The molecule has 0 saturated carbocycles. The maximum atomic E-state index is 10.8. The molecule has 16 heavy (non-hydrogen) atoms. The Hall–Kier alpha value is -1.84. The first-order valence-corrected chi connectivity index (χ1v) is 5.52. The number of nitrogens with one attached hydrogen (secondary N) is 2. The summed E-state index contributed by atoms with van der Waals surface area (Å²) in [6.07, 6.45) is 0. The summed E-state index contributed by atoms with van der Waals surface area (Å²) in [5.74, 6) is 1.01. The summed E-state index contributed by atoms with van der Waals surface area (Å²) in [7, 11) is 0. The third-order valence-corrected chi connectivity index (χ3v) is 2.68. The van der Waals surface area contributed by atoms with Crippen LogP contribution in [0.25, 0.3) is 0 Å². The average Bonchev–Trinajstić information content (AvgIpc) is 2.88. The maximum absolute atomic E-state index is 10.8. The quantitative estimate of drug-likeness (QED) is 0.834. The molecular weight excluding hydrogens is 226 g/mol. The van der Waals surface area contributed by atoms with E-state index in [1.54, 1.807) is 17.5 Å². The number of thiazole rings is 1. The fraction of sp³-hybridized carbons (Fsp3) is 0.200. The molecule has 2 heterocycles. The van der Waals surface area contributed by atoms with Gasteiger partial charge in [-0.15, -0.1) is 0 Å². The van der Waals surface area contributed by atoms with Crippen LogP contribution in [0, 0.1) is 11.3 Å². The molecule has 2 rings (SSSR count). The minimum absolute atomic E-state index is 0.0541. The number of furan rings is 1. The van der Waals surface area contributed by atoms with Gasteiger partial charge in [0.25, 0.3) is 0 Å². The highest BCUT2D eigenvalue weighted by molar-refractivity contribution is 7.07. The largest absolute Gasteiger partial charge is 0.449 e. The predicted octanol–water partition coefficient (Wildman–Crippen LogP) is 1.19. The van der Waals surface area contributed by atoms with Crippen LogP contribution in [0.3, 0.4) is 0 Å². The van der Waals surface area contributed by atoms with Gasteiger partial charge in [0.05, 0.1) is 6.54 Å². The first kappa shape index (κ1) is 10.7. The number of aromatic amines is 1. The summed E-state index contributed by atoms with van der Waals surface area (Å²) in [5, 5.41) is 13.4. The summed E-state index contributed by atoms with van der Waals surface area (Å²) >= 11 is 1.14. The second kappa shape index (κ2) is 4.79. The Balaban J connectivity index is 1.84. The number of H-pyrrole nitrogens is 1. The molecule has 0 aromatic carbocycles. The van der Waals surface area contributed by atoms with Gasteiger partial charge in [0.1, 0.15) is 11.8 Å². The number of rotatable bonds is 4. The highest BCUT2D eigenvalue weighted by Crippen LogP contribution is 2.06. The van der Waals surface area contributed by atoms with Crippen molar-refractivity contribution >= 4 is 11.3 Å².